The highest BCUT2D eigenvalue weighted by Gasteiger charge is 2.43. The Bertz CT molecular complexity index is 445. The summed E-state index contributed by atoms with van der Waals surface area (Å²) >= 11 is 11.9. The number of methoxy groups -OCH3 is 1. The lowest BCUT2D eigenvalue weighted by Crippen LogP contribution is -2.27. The van der Waals surface area contributed by atoms with Crippen molar-refractivity contribution in [2.75, 3.05) is 20.3 Å². The Morgan fingerprint density at radius 1 is 1.37 bits per heavy atom. The SMILES string of the molecule is COCCCNC(=O)C1CC1c1cc(Cl)cc(Cl)c1. The van der Waals surface area contributed by atoms with E-state index in [-0.39, 0.29) is 17.7 Å². The number of nitrogens with one attached hydrogen (secondary N) is 1. The minimum Gasteiger partial charge on any atom is -0.385 e. The predicted molar refractivity (Wildman–Crippen MR) is 76.8 cm³/mol. The van der Waals surface area contributed by atoms with Crippen LogP contribution in [-0.4, -0.2) is 26.2 Å². The van der Waals surface area contributed by atoms with Gasteiger partial charge < -0.3 is 10.1 Å². The van der Waals surface area contributed by atoms with Gasteiger partial charge in [-0.05, 0) is 42.5 Å². The maximum atomic E-state index is 11.9. The van der Waals surface area contributed by atoms with E-state index < -0.39 is 0 Å². The standard InChI is InChI=1S/C14H17Cl2NO2/c1-19-4-2-3-17-14(18)13-8-12(13)9-5-10(15)7-11(16)6-9/h5-7,12-13H,2-4,8H2,1H3,(H,17,18). The van der Waals surface area contributed by atoms with E-state index in [1.165, 1.54) is 0 Å². The zero-order valence-corrected chi connectivity index (χ0v) is 12.3. The van der Waals surface area contributed by atoms with Crippen LogP contribution in [0, 0.1) is 5.92 Å². The summed E-state index contributed by atoms with van der Waals surface area (Å²) in [4.78, 5) is 11.9. The molecule has 1 aliphatic carbocycles. The molecule has 1 aromatic rings. The van der Waals surface area contributed by atoms with Crippen molar-refractivity contribution in [3.8, 4) is 0 Å². The molecule has 0 radical (unpaired) electrons. The lowest BCUT2D eigenvalue weighted by atomic mass is 10.1. The van der Waals surface area contributed by atoms with Crippen LogP contribution in [0.5, 0.6) is 0 Å². The quantitative estimate of drug-likeness (QED) is 0.819. The minimum atomic E-state index is 0.0529. The lowest BCUT2D eigenvalue weighted by molar-refractivity contribution is -0.122. The number of amides is 1. The van der Waals surface area contributed by atoms with Gasteiger partial charge in [0, 0.05) is 36.2 Å². The molecule has 1 N–H and O–H groups in total. The van der Waals surface area contributed by atoms with Crippen LogP contribution in [0.25, 0.3) is 0 Å². The second kappa shape index (κ2) is 6.60. The molecule has 0 aliphatic heterocycles. The molecule has 3 nitrogen and oxygen atoms in total. The van der Waals surface area contributed by atoms with E-state index >= 15 is 0 Å². The molecule has 5 heteroatoms. The van der Waals surface area contributed by atoms with Crippen molar-refractivity contribution >= 4 is 29.1 Å². The smallest absolute Gasteiger partial charge is 0.223 e. The van der Waals surface area contributed by atoms with Gasteiger partial charge in [-0.25, -0.2) is 0 Å². The van der Waals surface area contributed by atoms with Gasteiger partial charge in [-0.3, -0.25) is 4.79 Å². The second-order valence-corrected chi connectivity index (χ2v) is 5.66. The molecule has 0 bridgehead atoms. The van der Waals surface area contributed by atoms with E-state index in [2.05, 4.69) is 5.32 Å². The molecule has 1 aromatic carbocycles. The maximum absolute atomic E-state index is 11.9. The zero-order chi connectivity index (χ0) is 13.8. The van der Waals surface area contributed by atoms with Crippen molar-refractivity contribution in [3.05, 3.63) is 33.8 Å². The number of carbonyl (C=O) groups is 1. The van der Waals surface area contributed by atoms with Crippen molar-refractivity contribution in [1.29, 1.82) is 0 Å². The fraction of sp³-hybridized carbons (Fsp3) is 0.500. The number of benzene rings is 1. The zero-order valence-electron chi connectivity index (χ0n) is 10.8. The van der Waals surface area contributed by atoms with Gasteiger partial charge in [-0.1, -0.05) is 23.2 Å². The number of carbonyl (C=O) groups excluding carboxylic acids is 1. The van der Waals surface area contributed by atoms with Gasteiger partial charge in [0.2, 0.25) is 5.91 Å². The van der Waals surface area contributed by atoms with Gasteiger partial charge in [0.25, 0.3) is 0 Å². The number of rotatable bonds is 6. The molecule has 2 rings (SSSR count). The van der Waals surface area contributed by atoms with Crippen LogP contribution in [0.3, 0.4) is 0 Å². The average molecular weight is 302 g/mol. The average Bonchev–Trinajstić information content (AvgIpc) is 3.13. The van der Waals surface area contributed by atoms with Crippen molar-refractivity contribution in [3.63, 3.8) is 0 Å². The normalized spacial score (nSPS) is 21.2. The number of halogens is 2. The molecule has 0 saturated heterocycles. The van der Waals surface area contributed by atoms with Crippen LogP contribution >= 0.6 is 23.2 Å². The molecule has 0 spiro atoms. The summed E-state index contributed by atoms with van der Waals surface area (Å²) in [6.45, 7) is 1.32. The third-order valence-electron chi connectivity index (χ3n) is 3.26. The first-order chi connectivity index (χ1) is 9.11. The minimum absolute atomic E-state index is 0.0529. The molecule has 2 atom stereocenters. The van der Waals surface area contributed by atoms with E-state index in [1.54, 1.807) is 13.2 Å². The molecule has 1 fully saturated rings. The Hall–Kier alpha value is -0.770. The monoisotopic (exact) mass is 301 g/mol. The third kappa shape index (κ3) is 4.10. The first-order valence-electron chi connectivity index (χ1n) is 6.34. The third-order valence-corrected chi connectivity index (χ3v) is 3.70. The van der Waals surface area contributed by atoms with Gasteiger partial charge in [0.1, 0.15) is 0 Å². The Kier molecular flexibility index (Phi) is 5.08. The summed E-state index contributed by atoms with van der Waals surface area (Å²) in [7, 11) is 1.65. The Morgan fingerprint density at radius 2 is 2.05 bits per heavy atom. The predicted octanol–water partition coefficient (Wildman–Crippen LogP) is 3.25. The Morgan fingerprint density at radius 3 is 2.68 bits per heavy atom. The molecule has 0 aromatic heterocycles. The maximum Gasteiger partial charge on any atom is 0.223 e. The van der Waals surface area contributed by atoms with Gasteiger partial charge in [0.15, 0.2) is 0 Å². The highest BCUT2D eigenvalue weighted by molar-refractivity contribution is 6.34. The summed E-state index contributed by atoms with van der Waals surface area (Å²) in [5, 5.41) is 4.16. The van der Waals surface area contributed by atoms with Crippen molar-refractivity contribution in [2.24, 2.45) is 5.92 Å². The van der Waals surface area contributed by atoms with E-state index in [1.807, 2.05) is 12.1 Å². The molecule has 1 saturated carbocycles. The number of hydrogen-bond acceptors (Lipinski definition) is 2. The summed E-state index contributed by atoms with van der Waals surface area (Å²) in [6.07, 6.45) is 1.70. The fourth-order valence-electron chi connectivity index (χ4n) is 2.20. The largest absolute Gasteiger partial charge is 0.385 e. The molecule has 19 heavy (non-hydrogen) atoms. The van der Waals surface area contributed by atoms with Crippen molar-refractivity contribution < 1.29 is 9.53 Å². The van der Waals surface area contributed by atoms with Gasteiger partial charge in [-0.2, -0.15) is 0 Å². The molecule has 1 amide bonds. The van der Waals surface area contributed by atoms with Crippen molar-refractivity contribution in [1.82, 2.24) is 5.32 Å². The molecular formula is C14H17Cl2NO2. The number of hydrogen-bond donors (Lipinski definition) is 1. The lowest BCUT2D eigenvalue weighted by Gasteiger charge is -2.05. The van der Waals surface area contributed by atoms with Gasteiger partial charge >= 0.3 is 0 Å². The van der Waals surface area contributed by atoms with Crippen LogP contribution in [0.4, 0.5) is 0 Å². The molecular weight excluding hydrogens is 285 g/mol. The summed E-state index contributed by atoms with van der Waals surface area (Å²) in [5.74, 6) is 0.410. The molecule has 2 unspecified atom stereocenters. The second-order valence-electron chi connectivity index (χ2n) is 4.79. The number of ether oxygens (including phenoxy) is 1. The van der Waals surface area contributed by atoms with Crippen LogP contribution in [-0.2, 0) is 9.53 Å². The van der Waals surface area contributed by atoms with E-state index in [0.717, 1.165) is 18.4 Å². The molecule has 0 heterocycles. The first kappa shape index (κ1) is 14.6. The van der Waals surface area contributed by atoms with E-state index in [9.17, 15) is 4.79 Å². The van der Waals surface area contributed by atoms with Gasteiger partial charge in [0.05, 0.1) is 0 Å². The van der Waals surface area contributed by atoms with E-state index in [4.69, 9.17) is 27.9 Å². The molecule has 1 aliphatic rings. The summed E-state index contributed by atoms with van der Waals surface area (Å²) in [6, 6.07) is 5.47. The topological polar surface area (TPSA) is 38.3 Å². The highest BCUT2D eigenvalue weighted by atomic mass is 35.5. The van der Waals surface area contributed by atoms with Crippen LogP contribution < -0.4 is 5.32 Å². The van der Waals surface area contributed by atoms with Gasteiger partial charge in [-0.15, -0.1) is 0 Å². The van der Waals surface area contributed by atoms with E-state index in [0.29, 0.717) is 23.2 Å². The highest BCUT2D eigenvalue weighted by Crippen LogP contribution is 2.48. The van der Waals surface area contributed by atoms with Crippen LogP contribution in [0.1, 0.15) is 24.3 Å². The van der Waals surface area contributed by atoms with Crippen LogP contribution in [0.15, 0.2) is 18.2 Å². The summed E-state index contributed by atoms with van der Waals surface area (Å²) in [5.41, 5.74) is 1.05. The van der Waals surface area contributed by atoms with Crippen molar-refractivity contribution in [2.45, 2.75) is 18.8 Å². The fourth-order valence-corrected chi connectivity index (χ4v) is 2.74. The van der Waals surface area contributed by atoms with Crippen LogP contribution in [0.2, 0.25) is 10.0 Å². The summed E-state index contributed by atoms with van der Waals surface area (Å²) < 4.78 is 4.94. The Labute approximate surface area is 123 Å². The Balaban J connectivity index is 1.84. The molecule has 104 valence electrons. The first-order valence-corrected chi connectivity index (χ1v) is 7.10.